The molecular formula is C12H13N3O3. The molecule has 0 saturated carbocycles. The van der Waals surface area contributed by atoms with Crippen molar-refractivity contribution in [2.75, 3.05) is 19.1 Å². The zero-order valence-electron chi connectivity index (χ0n) is 10.4. The maximum Gasteiger partial charge on any atom is 0.397 e. The Balaban J connectivity index is 2.35. The number of ether oxygens (including phenoxy) is 1. The van der Waals surface area contributed by atoms with E-state index in [-0.39, 0.29) is 0 Å². The van der Waals surface area contributed by atoms with E-state index in [0.717, 1.165) is 16.9 Å². The number of benzene rings is 1. The molecule has 0 fully saturated rings. The lowest BCUT2D eigenvalue weighted by atomic mass is 10.2. The molecule has 1 amide bonds. The van der Waals surface area contributed by atoms with Gasteiger partial charge in [0.2, 0.25) is 0 Å². The van der Waals surface area contributed by atoms with Crippen LogP contribution in [0.25, 0.3) is 11.0 Å². The van der Waals surface area contributed by atoms with Crippen LogP contribution in [-0.2, 0) is 14.3 Å². The minimum Gasteiger partial charge on any atom is -0.462 e. The summed E-state index contributed by atoms with van der Waals surface area (Å²) in [6, 6.07) is 5.27. The average molecular weight is 247 g/mol. The molecule has 6 nitrogen and oxygen atoms in total. The van der Waals surface area contributed by atoms with Crippen LogP contribution >= 0.6 is 0 Å². The molecule has 1 heterocycles. The summed E-state index contributed by atoms with van der Waals surface area (Å²) in [7, 11) is 2.69. The number of anilines is 1. The maximum absolute atomic E-state index is 11.6. The number of aromatic nitrogens is 2. The Bertz CT molecular complexity index is 618. The van der Waals surface area contributed by atoms with Gasteiger partial charge in [0.15, 0.2) is 0 Å². The lowest BCUT2D eigenvalue weighted by molar-refractivity contribution is -0.151. The number of amides is 1. The summed E-state index contributed by atoms with van der Waals surface area (Å²) in [5, 5.41) is 0. The molecule has 0 atom stereocenters. The summed E-state index contributed by atoms with van der Waals surface area (Å²) in [6.45, 7) is 1.85. The number of fused-ring (bicyclic) bond motifs is 1. The second-order valence-electron chi connectivity index (χ2n) is 3.88. The van der Waals surface area contributed by atoms with Gasteiger partial charge < -0.3 is 14.6 Å². The van der Waals surface area contributed by atoms with Crippen molar-refractivity contribution in [1.82, 2.24) is 9.97 Å². The minimum atomic E-state index is -0.890. The predicted octanol–water partition coefficient (Wildman–Crippen LogP) is 1.01. The van der Waals surface area contributed by atoms with Crippen LogP contribution in [0.5, 0.6) is 0 Å². The molecule has 18 heavy (non-hydrogen) atoms. The van der Waals surface area contributed by atoms with Crippen LogP contribution in [0.2, 0.25) is 0 Å². The number of H-pyrrole nitrogens is 1. The number of aromatic amines is 1. The van der Waals surface area contributed by atoms with Crippen molar-refractivity contribution in [1.29, 1.82) is 0 Å². The smallest absolute Gasteiger partial charge is 0.397 e. The van der Waals surface area contributed by atoms with Gasteiger partial charge >= 0.3 is 11.9 Å². The Labute approximate surface area is 104 Å². The molecule has 1 N–H and O–H groups in total. The minimum absolute atomic E-state index is 0.599. The predicted molar refractivity (Wildman–Crippen MR) is 66.3 cm³/mol. The fraction of sp³-hybridized carbons (Fsp3) is 0.250. The summed E-state index contributed by atoms with van der Waals surface area (Å²) in [6.07, 6.45) is 0. The third-order valence-corrected chi connectivity index (χ3v) is 2.64. The number of methoxy groups -OCH3 is 1. The molecule has 0 aliphatic rings. The Morgan fingerprint density at radius 3 is 2.78 bits per heavy atom. The van der Waals surface area contributed by atoms with E-state index in [1.165, 1.54) is 19.1 Å². The van der Waals surface area contributed by atoms with E-state index in [0.29, 0.717) is 5.69 Å². The van der Waals surface area contributed by atoms with Crippen LogP contribution in [0.15, 0.2) is 18.2 Å². The number of hydrogen-bond donors (Lipinski definition) is 1. The Morgan fingerprint density at radius 1 is 1.39 bits per heavy atom. The number of carbonyl (C=O) groups is 2. The van der Waals surface area contributed by atoms with Crippen molar-refractivity contribution < 1.29 is 14.3 Å². The quantitative estimate of drug-likeness (QED) is 0.602. The number of hydrogen-bond acceptors (Lipinski definition) is 4. The zero-order valence-corrected chi connectivity index (χ0v) is 10.4. The summed E-state index contributed by atoms with van der Waals surface area (Å²) in [5.74, 6) is -0.810. The van der Waals surface area contributed by atoms with Gasteiger partial charge in [-0.3, -0.25) is 4.79 Å². The number of nitrogens with one attached hydrogen (secondary N) is 1. The first-order valence-electron chi connectivity index (χ1n) is 5.35. The molecule has 0 radical (unpaired) electrons. The summed E-state index contributed by atoms with van der Waals surface area (Å²) in [4.78, 5) is 31.4. The first-order valence-corrected chi connectivity index (χ1v) is 5.35. The molecule has 0 aliphatic carbocycles. The van der Waals surface area contributed by atoms with Crippen LogP contribution in [0, 0.1) is 6.92 Å². The molecule has 2 rings (SSSR count). The van der Waals surface area contributed by atoms with E-state index < -0.39 is 11.9 Å². The lowest BCUT2D eigenvalue weighted by Gasteiger charge is -2.15. The van der Waals surface area contributed by atoms with Gasteiger partial charge in [-0.15, -0.1) is 0 Å². The third-order valence-electron chi connectivity index (χ3n) is 2.64. The molecule has 0 saturated heterocycles. The second kappa shape index (κ2) is 4.48. The number of imidazole rings is 1. The zero-order chi connectivity index (χ0) is 13.3. The van der Waals surface area contributed by atoms with Gasteiger partial charge in [0, 0.05) is 12.7 Å². The number of carbonyl (C=O) groups excluding carboxylic acids is 2. The van der Waals surface area contributed by atoms with Crippen molar-refractivity contribution in [3.05, 3.63) is 24.0 Å². The highest BCUT2D eigenvalue weighted by Crippen LogP contribution is 2.20. The Hall–Kier alpha value is -2.37. The summed E-state index contributed by atoms with van der Waals surface area (Å²) in [5.41, 5.74) is 2.23. The first-order chi connectivity index (χ1) is 8.52. The SMILES string of the molecule is COC(=O)C(=O)N(C)c1ccc2nc(C)[nH]c2c1. The molecule has 0 spiro atoms. The fourth-order valence-corrected chi connectivity index (χ4v) is 1.68. The highest BCUT2D eigenvalue weighted by Gasteiger charge is 2.20. The number of esters is 1. The second-order valence-corrected chi connectivity index (χ2v) is 3.88. The third kappa shape index (κ3) is 2.04. The van der Waals surface area contributed by atoms with E-state index in [2.05, 4.69) is 14.7 Å². The van der Waals surface area contributed by atoms with Crippen LogP contribution in [0.1, 0.15) is 5.82 Å². The molecule has 0 unspecified atom stereocenters. The Morgan fingerprint density at radius 2 is 2.11 bits per heavy atom. The first kappa shape index (κ1) is 12.1. The van der Waals surface area contributed by atoms with Crippen molar-refractivity contribution in [2.24, 2.45) is 0 Å². The van der Waals surface area contributed by atoms with Gasteiger partial charge in [-0.1, -0.05) is 0 Å². The molecule has 6 heteroatoms. The molecular weight excluding hydrogens is 234 g/mol. The largest absolute Gasteiger partial charge is 0.462 e. The van der Waals surface area contributed by atoms with E-state index in [4.69, 9.17) is 0 Å². The monoisotopic (exact) mass is 247 g/mol. The highest BCUT2D eigenvalue weighted by molar-refractivity contribution is 6.38. The van der Waals surface area contributed by atoms with Gasteiger partial charge in [-0.05, 0) is 25.1 Å². The van der Waals surface area contributed by atoms with Crippen molar-refractivity contribution >= 4 is 28.6 Å². The van der Waals surface area contributed by atoms with Gasteiger partial charge in [-0.2, -0.15) is 0 Å². The topological polar surface area (TPSA) is 75.3 Å². The Kier molecular flexibility index (Phi) is 3.01. The molecule has 0 bridgehead atoms. The van der Waals surface area contributed by atoms with Crippen molar-refractivity contribution in [3.63, 3.8) is 0 Å². The fourth-order valence-electron chi connectivity index (χ4n) is 1.68. The normalized spacial score (nSPS) is 10.4. The number of likely N-dealkylation sites (N-methyl/N-ethyl adjacent to an activating group) is 1. The number of aryl methyl sites for hydroxylation is 1. The summed E-state index contributed by atoms with van der Waals surface area (Å²) >= 11 is 0. The molecule has 1 aromatic heterocycles. The van der Waals surface area contributed by atoms with Crippen LogP contribution in [0.3, 0.4) is 0 Å². The van der Waals surface area contributed by atoms with E-state index in [9.17, 15) is 9.59 Å². The van der Waals surface area contributed by atoms with E-state index in [1.54, 1.807) is 18.2 Å². The van der Waals surface area contributed by atoms with E-state index >= 15 is 0 Å². The number of nitrogens with zero attached hydrogens (tertiary/aromatic N) is 2. The number of rotatable bonds is 1. The molecule has 2 aromatic rings. The highest BCUT2D eigenvalue weighted by atomic mass is 16.5. The van der Waals surface area contributed by atoms with E-state index in [1.807, 2.05) is 6.92 Å². The van der Waals surface area contributed by atoms with Crippen molar-refractivity contribution in [2.45, 2.75) is 6.92 Å². The van der Waals surface area contributed by atoms with Crippen LogP contribution in [-0.4, -0.2) is 36.0 Å². The molecule has 1 aromatic carbocycles. The van der Waals surface area contributed by atoms with Gasteiger partial charge in [0.05, 0.1) is 18.1 Å². The molecule has 94 valence electrons. The summed E-state index contributed by atoms with van der Waals surface area (Å²) < 4.78 is 4.40. The van der Waals surface area contributed by atoms with Crippen LogP contribution < -0.4 is 4.90 Å². The van der Waals surface area contributed by atoms with Crippen LogP contribution in [0.4, 0.5) is 5.69 Å². The molecule has 0 aliphatic heterocycles. The standard InChI is InChI=1S/C12H13N3O3/c1-7-13-9-5-4-8(6-10(9)14-7)15(2)11(16)12(17)18-3/h4-6H,1-3H3,(H,13,14). The van der Waals surface area contributed by atoms with Gasteiger partial charge in [0.1, 0.15) is 5.82 Å². The van der Waals surface area contributed by atoms with Gasteiger partial charge in [0.25, 0.3) is 0 Å². The van der Waals surface area contributed by atoms with Gasteiger partial charge in [-0.25, -0.2) is 9.78 Å². The van der Waals surface area contributed by atoms with Crippen molar-refractivity contribution in [3.8, 4) is 0 Å². The lowest BCUT2D eigenvalue weighted by Crippen LogP contribution is -2.33. The average Bonchev–Trinajstić information content (AvgIpc) is 2.74. The maximum atomic E-state index is 11.6.